The summed E-state index contributed by atoms with van der Waals surface area (Å²) in [5.41, 5.74) is 1.09. The Morgan fingerprint density at radius 3 is 2.68 bits per heavy atom. The number of amides is 1. The van der Waals surface area contributed by atoms with Crippen molar-refractivity contribution in [1.29, 1.82) is 0 Å². The van der Waals surface area contributed by atoms with Crippen molar-refractivity contribution < 1.29 is 13.9 Å². The lowest BCUT2D eigenvalue weighted by atomic mass is 10.1. The lowest BCUT2D eigenvalue weighted by molar-refractivity contribution is -0.0496. The first-order valence-electron chi connectivity index (χ1n) is 7.30. The second-order valence-electron chi connectivity index (χ2n) is 5.36. The van der Waals surface area contributed by atoms with Crippen molar-refractivity contribution in [3.05, 3.63) is 53.8 Å². The predicted octanol–water partition coefficient (Wildman–Crippen LogP) is 3.60. The highest BCUT2D eigenvalue weighted by molar-refractivity contribution is 7.98. The highest BCUT2D eigenvalue weighted by Gasteiger charge is 2.32. The summed E-state index contributed by atoms with van der Waals surface area (Å²) in [6, 6.07) is 13.6. The topological polar surface area (TPSA) is 42.7 Å². The van der Waals surface area contributed by atoms with Crippen LogP contribution in [0.25, 0.3) is 0 Å². The number of thioether (sulfide) groups is 1. The first-order chi connectivity index (χ1) is 10.7. The Hall–Kier alpha value is -1.72. The SMILES string of the molecule is CSc1ccc(C(=O)N2C[C@@H](c3ccccc3)OC[C@H]2C)o1. The lowest BCUT2D eigenvalue weighted by Crippen LogP contribution is -2.48. The Bertz CT molecular complexity index is 640. The van der Waals surface area contributed by atoms with Gasteiger partial charge in [-0.1, -0.05) is 42.1 Å². The van der Waals surface area contributed by atoms with E-state index in [4.69, 9.17) is 9.15 Å². The molecule has 2 atom stereocenters. The van der Waals surface area contributed by atoms with Gasteiger partial charge in [0.25, 0.3) is 5.91 Å². The molecule has 1 aliphatic heterocycles. The van der Waals surface area contributed by atoms with Crippen molar-refractivity contribution in [2.75, 3.05) is 19.4 Å². The molecule has 0 bridgehead atoms. The van der Waals surface area contributed by atoms with Gasteiger partial charge in [-0.2, -0.15) is 0 Å². The fourth-order valence-electron chi connectivity index (χ4n) is 2.60. The molecule has 1 fully saturated rings. The molecular formula is C17H19NO3S. The van der Waals surface area contributed by atoms with Crippen molar-refractivity contribution in [2.45, 2.75) is 24.2 Å². The first-order valence-corrected chi connectivity index (χ1v) is 8.53. The van der Waals surface area contributed by atoms with E-state index in [2.05, 4.69) is 0 Å². The van der Waals surface area contributed by atoms with Gasteiger partial charge >= 0.3 is 0 Å². The number of furan rings is 1. The largest absolute Gasteiger partial charge is 0.445 e. The lowest BCUT2D eigenvalue weighted by Gasteiger charge is -2.37. The van der Waals surface area contributed by atoms with Crippen LogP contribution in [0.15, 0.2) is 52.0 Å². The van der Waals surface area contributed by atoms with Gasteiger partial charge in [-0.3, -0.25) is 4.79 Å². The van der Waals surface area contributed by atoms with Crippen molar-refractivity contribution >= 4 is 17.7 Å². The van der Waals surface area contributed by atoms with E-state index in [0.29, 0.717) is 18.9 Å². The zero-order chi connectivity index (χ0) is 15.5. The molecule has 0 N–H and O–H groups in total. The smallest absolute Gasteiger partial charge is 0.290 e. The van der Waals surface area contributed by atoms with Crippen LogP contribution in [0.3, 0.4) is 0 Å². The van der Waals surface area contributed by atoms with Crippen molar-refractivity contribution in [1.82, 2.24) is 4.90 Å². The van der Waals surface area contributed by atoms with E-state index in [-0.39, 0.29) is 18.1 Å². The molecule has 4 nitrogen and oxygen atoms in total. The Morgan fingerprint density at radius 2 is 2.00 bits per heavy atom. The van der Waals surface area contributed by atoms with Crippen molar-refractivity contribution in [3.63, 3.8) is 0 Å². The van der Waals surface area contributed by atoms with Gasteiger partial charge in [-0.05, 0) is 30.9 Å². The summed E-state index contributed by atoms with van der Waals surface area (Å²) in [7, 11) is 0. The summed E-state index contributed by atoms with van der Waals surface area (Å²) in [6.07, 6.45) is 1.84. The number of hydrogen-bond donors (Lipinski definition) is 0. The van der Waals surface area contributed by atoms with Crippen LogP contribution in [0.4, 0.5) is 0 Å². The zero-order valence-electron chi connectivity index (χ0n) is 12.7. The van der Waals surface area contributed by atoms with Crippen LogP contribution in [0.1, 0.15) is 29.1 Å². The molecule has 0 unspecified atom stereocenters. The Morgan fingerprint density at radius 1 is 1.23 bits per heavy atom. The van der Waals surface area contributed by atoms with Gasteiger partial charge in [0.15, 0.2) is 10.9 Å². The zero-order valence-corrected chi connectivity index (χ0v) is 13.5. The number of nitrogens with zero attached hydrogens (tertiary/aromatic N) is 1. The molecule has 22 heavy (non-hydrogen) atoms. The fraction of sp³-hybridized carbons (Fsp3) is 0.353. The molecule has 0 radical (unpaired) electrons. The number of rotatable bonds is 3. The molecule has 0 aliphatic carbocycles. The molecule has 1 aromatic carbocycles. The molecule has 1 aromatic heterocycles. The molecule has 2 heterocycles. The number of hydrogen-bond acceptors (Lipinski definition) is 4. The second-order valence-corrected chi connectivity index (χ2v) is 6.17. The summed E-state index contributed by atoms with van der Waals surface area (Å²) in [5, 5.41) is 0.754. The first kappa shape index (κ1) is 15.2. The number of carbonyl (C=O) groups excluding carboxylic acids is 1. The molecule has 2 aromatic rings. The van der Waals surface area contributed by atoms with Crippen LogP contribution in [0.2, 0.25) is 0 Å². The third-order valence-corrected chi connectivity index (χ3v) is 4.48. The van der Waals surface area contributed by atoms with E-state index >= 15 is 0 Å². The molecular weight excluding hydrogens is 298 g/mol. The minimum absolute atomic E-state index is 0.0373. The average Bonchev–Trinajstić information content (AvgIpc) is 3.04. The Kier molecular flexibility index (Phi) is 4.55. The Labute approximate surface area is 134 Å². The van der Waals surface area contributed by atoms with E-state index in [1.807, 2.05) is 54.5 Å². The normalized spacial score (nSPS) is 21.8. The maximum absolute atomic E-state index is 12.7. The van der Waals surface area contributed by atoms with Gasteiger partial charge in [-0.25, -0.2) is 0 Å². The Balaban J connectivity index is 1.78. The minimum Gasteiger partial charge on any atom is -0.445 e. The molecule has 1 amide bonds. The molecule has 116 valence electrons. The van der Waals surface area contributed by atoms with E-state index in [9.17, 15) is 4.79 Å². The molecule has 5 heteroatoms. The van der Waals surface area contributed by atoms with E-state index in [1.54, 1.807) is 6.07 Å². The highest BCUT2D eigenvalue weighted by Crippen LogP contribution is 2.27. The van der Waals surface area contributed by atoms with E-state index < -0.39 is 0 Å². The number of benzene rings is 1. The van der Waals surface area contributed by atoms with E-state index in [0.717, 1.165) is 10.7 Å². The summed E-state index contributed by atoms with van der Waals surface area (Å²) < 4.78 is 11.5. The monoisotopic (exact) mass is 317 g/mol. The summed E-state index contributed by atoms with van der Waals surface area (Å²) in [6.45, 7) is 3.07. The fourth-order valence-corrected chi connectivity index (χ4v) is 2.97. The summed E-state index contributed by atoms with van der Waals surface area (Å²) >= 11 is 1.49. The van der Waals surface area contributed by atoms with Gasteiger partial charge < -0.3 is 14.1 Å². The summed E-state index contributed by atoms with van der Waals surface area (Å²) in [4.78, 5) is 14.5. The highest BCUT2D eigenvalue weighted by atomic mass is 32.2. The van der Waals surface area contributed by atoms with E-state index in [1.165, 1.54) is 11.8 Å². The van der Waals surface area contributed by atoms with Gasteiger partial charge in [0.2, 0.25) is 0 Å². The predicted molar refractivity (Wildman–Crippen MR) is 86.1 cm³/mol. The van der Waals surface area contributed by atoms with Crippen LogP contribution in [0, 0.1) is 0 Å². The van der Waals surface area contributed by atoms with Gasteiger partial charge in [0, 0.05) is 0 Å². The van der Waals surface area contributed by atoms with Crippen LogP contribution in [0.5, 0.6) is 0 Å². The number of carbonyl (C=O) groups is 1. The number of morpholine rings is 1. The second kappa shape index (κ2) is 6.58. The molecule has 0 spiro atoms. The van der Waals surface area contributed by atoms with Crippen LogP contribution in [-0.4, -0.2) is 36.3 Å². The number of ether oxygens (including phenoxy) is 1. The molecule has 0 saturated carbocycles. The minimum atomic E-state index is -0.0867. The maximum atomic E-state index is 12.7. The molecule has 3 rings (SSSR count). The van der Waals surface area contributed by atoms with Crippen LogP contribution >= 0.6 is 11.8 Å². The third kappa shape index (κ3) is 3.05. The maximum Gasteiger partial charge on any atom is 0.290 e. The van der Waals surface area contributed by atoms with Gasteiger partial charge in [-0.15, -0.1) is 0 Å². The van der Waals surface area contributed by atoms with Gasteiger partial charge in [0.05, 0.1) is 19.2 Å². The average molecular weight is 317 g/mol. The van der Waals surface area contributed by atoms with Crippen LogP contribution in [-0.2, 0) is 4.74 Å². The van der Waals surface area contributed by atoms with Crippen molar-refractivity contribution in [2.24, 2.45) is 0 Å². The summed E-state index contributed by atoms with van der Waals surface area (Å²) in [5.74, 6) is 0.321. The molecule has 1 aliphatic rings. The third-order valence-electron chi connectivity index (χ3n) is 3.86. The van der Waals surface area contributed by atoms with Gasteiger partial charge in [0.1, 0.15) is 6.10 Å². The standard InChI is InChI=1S/C17H19NO3S/c1-12-11-20-15(13-6-4-3-5-7-13)10-18(12)17(19)14-8-9-16(21-14)22-2/h3-9,12,15H,10-11H2,1-2H3/t12-,15+/m1/s1. The molecule has 1 saturated heterocycles. The van der Waals surface area contributed by atoms with Crippen LogP contribution < -0.4 is 0 Å². The van der Waals surface area contributed by atoms with Crippen molar-refractivity contribution in [3.8, 4) is 0 Å². The quantitative estimate of drug-likeness (QED) is 0.811.